The minimum atomic E-state index is -0.627. The average Bonchev–Trinajstić information content (AvgIpc) is 2.95. The van der Waals surface area contributed by atoms with Crippen LogP contribution in [0.15, 0.2) is 79.3 Å². The van der Waals surface area contributed by atoms with Gasteiger partial charge >= 0.3 is 0 Å². The van der Waals surface area contributed by atoms with Crippen molar-refractivity contribution in [1.29, 1.82) is 5.41 Å². The van der Waals surface area contributed by atoms with Crippen LogP contribution in [-0.2, 0) is 11.3 Å². The Morgan fingerprint density at radius 3 is 2.59 bits per heavy atom. The molecule has 0 radical (unpaired) electrons. The first-order chi connectivity index (χ1) is 18.9. The zero-order valence-corrected chi connectivity index (χ0v) is 21.3. The molecule has 9 heteroatoms. The average molecular weight is 525 g/mol. The molecule has 2 aromatic heterocycles. The molecule has 1 aliphatic rings. The van der Waals surface area contributed by atoms with E-state index in [1.165, 1.54) is 18.3 Å². The molecule has 5 N–H and O–H groups in total. The highest BCUT2D eigenvalue weighted by molar-refractivity contribution is 6.48. The molecule has 4 aromatic rings. The molecule has 3 heterocycles. The second kappa shape index (κ2) is 11.5. The molecule has 8 nitrogen and oxygen atoms in total. The zero-order chi connectivity index (χ0) is 27.4. The molecule has 1 saturated heterocycles. The number of carbonyl (C=O) groups excluding carboxylic acids is 1. The van der Waals surface area contributed by atoms with Crippen LogP contribution in [0.1, 0.15) is 24.0 Å². The Hall–Kier alpha value is -4.47. The Bertz CT molecular complexity index is 1500. The largest absolute Gasteiger partial charge is 0.398 e. The number of halogens is 1. The van der Waals surface area contributed by atoms with Crippen LogP contribution in [-0.4, -0.2) is 50.8 Å². The zero-order valence-electron chi connectivity index (χ0n) is 21.3. The number of anilines is 2. The summed E-state index contributed by atoms with van der Waals surface area (Å²) in [6.07, 6.45) is 6.36. The summed E-state index contributed by atoms with van der Waals surface area (Å²) in [5.41, 5.74) is 10.8. The van der Waals surface area contributed by atoms with E-state index in [9.17, 15) is 14.3 Å². The molecule has 1 fully saturated rings. The standard InChI is InChI=1S/C30H29FN6O2/c31-23-3-1-2-21(13-23)28-7-5-24(17-35-28)36-30(39)29(33)26-14-20(4-6-27(26)32)22-12-19(15-34-16-22)18-37-10-8-25(38)9-11-37/h1-7,12-17,25,33,38H,8-11,18,32H2,(H,36,39). The van der Waals surface area contributed by atoms with E-state index < -0.39 is 5.91 Å². The third-order valence-corrected chi connectivity index (χ3v) is 6.78. The third-order valence-electron chi connectivity index (χ3n) is 6.78. The van der Waals surface area contributed by atoms with Gasteiger partial charge in [0.05, 0.1) is 23.7 Å². The number of benzene rings is 2. The molecule has 39 heavy (non-hydrogen) atoms. The molecule has 0 atom stereocenters. The van der Waals surface area contributed by atoms with E-state index >= 15 is 0 Å². The van der Waals surface area contributed by atoms with Gasteiger partial charge in [0, 0.05) is 54.4 Å². The maximum Gasteiger partial charge on any atom is 0.274 e. The summed E-state index contributed by atoms with van der Waals surface area (Å²) >= 11 is 0. The summed E-state index contributed by atoms with van der Waals surface area (Å²) in [7, 11) is 0. The van der Waals surface area contributed by atoms with Gasteiger partial charge in [0.15, 0.2) is 0 Å². The number of piperidine rings is 1. The molecule has 1 aliphatic heterocycles. The van der Waals surface area contributed by atoms with Crippen LogP contribution in [0.5, 0.6) is 0 Å². The van der Waals surface area contributed by atoms with E-state index in [0.717, 1.165) is 49.2 Å². The SMILES string of the molecule is N=C(C(=O)Nc1ccc(-c2cccc(F)c2)nc1)c1cc(-c2cncc(CN3CCC(O)CC3)c2)ccc1N. The van der Waals surface area contributed by atoms with Crippen LogP contribution < -0.4 is 11.1 Å². The topological polar surface area (TPSA) is 128 Å². The van der Waals surface area contributed by atoms with Crippen molar-refractivity contribution in [3.05, 3.63) is 96.2 Å². The van der Waals surface area contributed by atoms with Crippen molar-refractivity contribution >= 4 is 23.0 Å². The van der Waals surface area contributed by atoms with Crippen LogP contribution in [0.4, 0.5) is 15.8 Å². The van der Waals surface area contributed by atoms with Gasteiger partial charge in [0.1, 0.15) is 11.5 Å². The number of nitrogen functional groups attached to an aromatic ring is 1. The number of nitrogens with one attached hydrogen (secondary N) is 2. The molecule has 0 unspecified atom stereocenters. The first kappa shape index (κ1) is 26.1. The third kappa shape index (κ3) is 6.34. The fourth-order valence-electron chi connectivity index (χ4n) is 4.62. The number of rotatable bonds is 7. The van der Waals surface area contributed by atoms with Gasteiger partial charge in [0.25, 0.3) is 5.91 Å². The van der Waals surface area contributed by atoms with E-state index in [2.05, 4.69) is 20.2 Å². The second-order valence-corrected chi connectivity index (χ2v) is 9.66. The molecule has 1 amide bonds. The van der Waals surface area contributed by atoms with E-state index in [-0.39, 0.29) is 17.6 Å². The van der Waals surface area contributed by atoms with Gasteiger partial charge in [-0.1, -0.05) is 18.2 Å². The smallest absolute Gasteiger partial charge is 0.274 e. The fraction of sp³-hybridized carbons (Fsp3) is 0.200. The van der Waals surface area contributed by atoms with E-state index in [1.54, 1.807) is 42.6 Å². The van der Waals surface area contributed by atoms with E-state index in [4.69, 9.17) is 11.1 Å². The van der Waals surface area contributed by atoms with Gasteiger partial charge < -0.3 is 16.2 Å². The molecule has 5 rings (SSSR count). The first-order valence-electron chi connectivity index (χ1n) is 12.7. The second-order valence-electron chi connectivity index (χ2n) is 9.66. The molecule has 198 valence electrons. The maximum atomic E-state index is 13.5. The highest BCUT2D eigenvalue weighted by Gasteiger charge is 2.19. The van der Waals surface area contributed by atoms with Crippen molar-refractivity contribution in [3.63, 3.8) is 0 Å². The first-order valence-corrected chi connectivity index (χ1v) is 12.7. The number of aromatic nitrogens is 2. The normalized spacial score (nSPS) is 14.2. The van der Waals surface area contributed by atoms with Crippen LogP contribution in [0.3, 0.4) is 0 Å². The molecular formula is C30H29FN6O2. The Kier molecular flexibility index (Phi) is 7.72. The van der Waals surface area contributed by atoms with Gasteiger partial charge in [-0.3, -0.25) is 25.1 Å². The number of carbonyl (C=O) groups is 1. The van der Waals surface area contributed by atoms with Crippen LogP contribution in [0.2, 0.25) is 0 Å². The lowest BCUT2D eigenvalue weighted by atomic mass is 9.99. The summed E-state index contributed by atoms with van der Waals surface area (Å²) in [4.78, 5) is 23.9. The highest BCUT2D eigenvalue weighted by atomic mass is 19.1. The number of hydrogen-bond donors (Lipinski definition) is 4. The molecular weight excluding hydrogens is 495 g/mol. The summed E-state index contributed by atoms with van der Waals surface area (Å²) in [6.45, 7) is 2.42. The number of nitrogens with zero attached hydrogens (tertiary/aromatic N) is 3. The van der Waals surface area contributed by atoms with E-state index in [1.807, 2.05) is 18.3 Å². The van der Waals surface area contributed by atoms with Crippen molar-refractivity contribution in [3.8, 4) is 22.4 Å². The van der Waals surface area contributed by atoms with E-state index in [0.29, 0.717) is 28.2 Å². The predicted octanol–water partition coefficient (Wildman–Crippen LogP) is 4.50. The Labute approximate surface area is 225 Å². The summed E-state index contributed by atoms with van der Waals surface area (Å²) < 4.78 is 13.5. The molecule has 2 aromatic carbocycles. The lowest BCUT2D eigenvalue weighted by Gasteiger charge is -2.29. The number of pyridine rings is 2. The number of hydrogen-bond acceptors (Lipinski definition) is 7. The molecule has 0 aliphatic carbocycles. The van der Waals surface area contributed by atoms with Crippen molar-refractivity contribution < 1.29 is 14.3 Å². The fourth-order valence-corrected chi connectivity index (χ4v) is 4.62. The molecule has 0 saturated carbocycles. The van der Waals surface area contributed by atoms with Crippen LogP contribution >= 0.6 is 0 Å². The highest BCUT2D eigenvalue weighted by Crippen LogP contribution is 2.26. The van der Waals surface area contributed by atoms with Gasteiger partial charge in [-0.15, -0.1) is 0 Å². The van der Waals surface area contributed by atoms with Crippen molar-refractivity contribution in [2.24, 2.45) is 0 Å². The summed E-state index contributed by atoms with van der Waals surface area (Å²) in [6, 6.07) is 16.7. The Morgan fingerprint density at radius 1 is 1.03 bits per heavy atom. The van der Waals surface area contributed by atoms with Gasteiger partial charge in [-0.2, -0.15) is 0 Å². The summed E-state index contributed by atoms with van der Waals surface area (Å²) in [5.74, 6) is -0.983. The monoisotopic (exact) mass is 524 g/mol. The number of likely N-dealkylation sites (tertiary alicyclic amines) is 1. The molecule has 0 bridgehead atoms. The number of amides is 1. The summed E-state index contributed by atoms with van der Waals surface area (Å²) in [5, 5.41) is 21.0. The Morgan fingerprint density at radius 2 is 1.85 bits per heavy atom. The van der Waals surface area contributed by atoms with Gasteiger partial charge in [-0.25, -0.2) is 4.39 Å². The Balaban J connectivity index is 1.29. The molecule has 0 spiro atoms. The van der Waals surface area contributed by atoms with Gasteiger partial charge in [0.2, 0.25) is 0 Å². The minimum absolute atomic E-state index is 0.220. The predicted molar refractivity (Wildman–Crippen MR) is 150 cm³/mol. The van der Waals surface area contributed by atoms with Crippen molar-refractivity contribution in [2.45, 2.75) is 25.5 Å². The van der Waals surface area contributed by atoms with Crippen molar-refractivity contribution in [1.82, 2.24) is 14.9 Å². The number of aliphatic hydroxyl groups excluding tert-OH is 1. The maximum absolute atomic E-state index is 13.5. The minimum Gasteiger partial charge on any atom is -0.398 e. The number of aliphatic hydroxyl groups is 1. The van der Waals surface area contributed by atoms with Crippen molar-refractivity contribution in [2.75, 3.05) is 24.1 Å². The lowest BCUT2D eigenvalue weighted by molar-refractivity contribution is -0.110. The number of nitrogens with two attached hydrogens (primary N) is 1. The quantitative estimate of drug-likeness (QED) is 0.208. The van der Waals surface area contributed by atoms with Crippen LogP contribution in [0.25, 0.3) is 22.4 Å². The van der Waals surface area contributed by atoms with Gasteiger partial charge in [-0.05, 0) is 66.4 Å². The lowest BCUT2D eigenvalue weighted by Crippen LogP contribution is -2.35. The van der Waals surface area contributed by atoms with Crippen LogP contribution in [0, 0.1) is 11.2 Å².